The van der Waals surface area contributed by atoms with Crippen LogP contribution in [0.2, 0.25) is 0 Å². The molecule has 1 aromatic heterocycles. The van der Waals surface area contributed by atoms with Gasteiger partial charge in [-0.05, 0) is 43.9 Å². The minimum atomic E-state index is 0.363. The van der Waals surface area contributed by atoms with Crippen LogP contribution < -0.4 is 11.1 Å². The molecule has 1 saturated carbocycles. The molecule has 0 aliphatic heterocycles. The van der Waals surface area contributed by atoms with Gasteiger partial charge >= 0.3 is 0 Å². The highest BCUT2D eigenvalue weighted by atomic mass is 32.1. The van der Waals surface area contributed by atoms with Crippen LogP contribution in [0.3, 0.4) is 0 Å². The van der Waals surface area contributed by atoms with E-state index >= 15 is 0 Å². The molecule has 17 heavy (non-hydrogen) atoms. The van der Waals surface area contributed by atoms with E-state index in [0.717, 1.165) is 12.1 Å². The number of fused-ring (bicyclic) bond motifs is 1. The molecule has 3 N–H and O–H groups in total. The van der Waals surface area contributed by atoms with Gasteiger partial charge in [-0.1, -0.05) is 17.4 Å². The van der Waals surface area contributed by atoms with Gasteiger partial charge in [-0.25, -0.2) is 4.98 Å². The van der Waals surface area contributed by atoms with Crippen LogP contribution in [0.25, 0.3) is 10.2 Å². The fourth-order valence-corrected chi connectivity index (χ4v) is 3.09. The second-order valence-corrected chi connectivity index (χ2v) is 6.18. The van der Waals surface area contributed by atoms with Crippen LogP contribution in [-0.2, 0) is 6.54 Å². The summed E-state index contributed by atoms with van der Waals surface area (Å²) in [6.07, 6.45) is 3.94. The monoisotopic (exact) mass is 247 g/mol. The molecule has 0 amide bonds. The lowest BCUT2D eigenvalue weighted by Gasteiger charge is -2.39. The largest absolute Gasteiger partial charge is 0.375 e. The van der Waals surface area contributed by atoms with E-state index in [9.17, 15) is 0 Å². The second kappa shape index (κ2) is 3.96. The van der Waals surface area contributed by atoms with Crippen LogP contribution in [0, 0.1) is 0 Å². The van der Waals surface area contributed by atoms with Crippen molar-refractivity contribution in [2.24, 2.45) is 0 Å². The third kappa shape index (κ3) is 2.15. The lowest BCUT2D eigenvalue weighted by Crippen LogP contribution is -2.47. The van der Waals surface area contributed by atoms with E-state index in [4.69, 9.17) is 5.73 Å². The topological polar surface area (TPSA) is 50.9 Å². The van der Waals surface area contributed by atoms with Crippen LogP contribution in [0.4, 0.5) is 5.13 Å². The molecule has 1 fully saturated rings. The maximum atomic E-state index is 5.71. The Morgan fingerprint density at radius 3 is 3.00 bits per heavy atom. The minimum Gasteiger partial charge on any atom is -0.375 e. The van der Waals surface area contributed by atoms with Crippen molar-refractivity contribution in [2.45, 2.75) is 38.3 Å². The highest BCUT2D eigenvalue weighted by molar-refractivity contribution is 7.22. The Morgan fingerprint density at radius 1 is 1.47 bits per heavy atom. The van der Waals surface area contributed by atoms with Crippen molar-refractivity contribution in [3.8, 4) is 0 Å². The van der Waals surface area contributed by atoms with Crippen LogP contribution in [-0.4, -0.2) is 10.5 Å². The summed E-state index contributed by atoms with van der Waals surface area (Å²) in [5.41, 5.74) is 8.39. The van der Waals surface area contributed by atoms with E-state index in [1.807, 2.05) is 0 Å². The number of nitrogens with two attached hydrogens (primary N) is 1. The zero-order valence-corrected chi connectivity index (χ0v) is 10.8. The summed E-state index contributed by atoms with van der Waals surface area (Å²) in [5, 5.41) is 4.29. The molecular formula is C13H17N3S. The smallest absolute Gasteiger partial charge is 0.181 e. The average Bonchev–Trinajstić information content (AvgIpc) is 2.63. The van der Waals surface area contributed by atoms with Gasteiger partial charge in [0.2, 0.25) is 0 Å². The molecule has 1 aliphatic carbocycles. The number of benzene rings is 1. The number of aromatic nitrogens is 1. The van der Waals surface area contributed by atoms with Gasteiger partial charge in [0.25, 0.3) is 0 Å². The van der Waals surface area contributed by atoms with Crippen molar-refractivity contribution >= 4 is 26.7 Å². The Morgan fingerprint density at radius 2 is 2.29 bits per heavy atom. The van der Waals surface area contributed by atoms with Crippen molar-refractivity contribution in [2.75, 3.05) is 5.73 Å². The number of hydrogen-bond donors (Lipinski definition) is 2. The van der Waals surface area contributed by atoms with Crippen LogP contribution in [0.1, 0.15) is 31.7 Å². The number of nitrogen functional groups attached to an aromatic ring is 1. The molecule has 1 heterocycles. The molecular weight excluding hydrogens is 230 g/mol. The van der Waals surface area contributed by atoms with Crippen molar-refractivity contribution in [3.63, 3.8) is 0 Å². The summed E-state index contributed by atoms with van der Waals surface area (Å²) in [6, 6.07) is 6.39. The standard InChI is InChI=1S/C13H17N3S/c1-13(5-2-6-13)15-8-9-3-4-10-11(7-9)17-12(14)16-10/h3-4,7,15H,2,5-6,8H2,1H3,(H2,14,16). The third-order valence-electron chi connectivity index (χ3n) is 3.65. The number of nitrogens with one attached hydrogen (secondary N) is 1. The maximum absolute atomic E-state index is 5.71. The molecule has 0 bridgehead atoms. The van der Waals surface area contributed by atoms with E-state index in [0.29, 0.717) is 10.7 Å². The Labute approximate surface area is 105 Å². The highest BCUT2D eigenvalue weighted by Gasteiger charge is 2.30. The molecule has 4 heteroatoms. The lowest BCUT2D eigenvalue weighted by molar-refractivity contribution is 0.207. The first kappa shape index (κ1) is 11.0. The van der Waals surface area contributed by atoms with Crippen LogP contribution in [0.5, 0.6) is 0 Å². The van der Waals surface area contributed by atoms with Gasteiger partial charge in [-0.2, -0.15) is 0 Å². The summed E-state index contributed by atoms with van der Waals surface area (Å²) in [7, 11) is 0. The van der Waals surface area contributed by atoms with Gasteiger partial charge in [-0.3, -0.25) is 0 Å². The molecule has 3 nitrogen and oxygen atoms in total. The summed E-state index contributed by atoms with van der Waals surface area (Å²) in [4.78, 5) is 4.27. The lowest BCUT2D eigenvalue weighted by atomic mass is 9.78. The molecule has 0 atom stereocenters. The van der Waals surface area contributed by atoms with Gasteiger partial charge in [0, 0.05) is 12.1 Å². The fourth-order valence-electron chi connectivity index (χ4n) is 2.30. The highest BCUT2D eigenvalue weighted by Crippen LogP contribution is 2.31. The fraction of sp³-hybridized carbons (Fsp3) is 0.462. The Bertz CT molecular complexity index is 543. The third-order valence-corrected chi connectivity index (χ3v) is 4.49. The first-order valence-electron chi connectivity index (χ1n) is 6.05. The Hall–Kier alpha value is -1.13. The molecule has 2 aromatic rings. The van der Waals surface area contributed by atoms with Crippen molar-refractivity contribution in [3.05, 3.63) is 23.8 Å². The predicted octanol–water partition coefficient (Wildman–Crippen LogP) is 2.91. The minimum absolute atomic E-state index is 0.363. The molecule has 0 saturated heterocycles. The number of hydrogen-bond acceptors (Lipinski definition) is 4. The van der Waals surface area contributed by atoms with E-state index in [1.54, 1.807) is 11.3 Å². The number of anilines is 1. The molecule has 90 valence electrons. The molecule has 0 unspecified atom stereocenters. The Balaban J connectivity index is 1.76. The van der Waals surface area contributed by atoms with Crippen molar-refractivity contribution in [1.82, 2.24) is 10.3 Å². The van der Waals surface area contributed by atoms with Gasteiger partial charge in [0.15, 0.2) is 5.13 Å². The summed E-state index contributed by atoms with van der Waals surface area (Å²) >= 11 is 1.56. The van der Waals surface area contributed by atoms with Crippen molar-refractivity contribution in [1.29, 1.82) is 0 Å². The van der Waals surface area contributed by atoms with E-state index in [-0.39, 0.29) is 0 Å². The van der Waals surface area contributed by atoms with Gasteiger partial charge in [-0.15, -0.1) is 0 Å². The molecule has 1 aromatic carbocycles. The zero-order chi connectivity index (χ0) is 11.9. The Kier molecular flexibility index (Phi) is 2.56. The predicted molar refractivity (Wildman–Crippen MR) is 73.1 cm³/mol. The van der Waals surface area contributed by atoms with Gasteiger partial charge in [0.1, 0.15) is 0 Å². The number of nitrogens with zero attached hydrogens (tertiary/aromatic N) is 1. The molecule has 1 aliphatic rings. The van der Waals surface area contributed by atoms with Crippen molar-refractivity contribution < 1.29 is 0 Å². The first-order chi connectivity index (χ1) is 8.15. The average molecular weight is 247 g/mol. The second-order valence-electron chi connectivity index (χ2n) is 5.12. The summed E-state index contributed by atoms with van der Waals surface area (Å²) in [5.74, 6) is 0. The van der Waals surface area contributed by atoms with Gasteiger partial charge in [0.05, 0.1) is 10.2 Å². The first-order valence-corrected chi connectivity index (χ1v) is 6.86. The van der Waals surface area contributed by atoms with E-state index in [2.05, 4.69) is 35.4 Å². The maximum Gasteiger partial charge on any atom is 0.181 e. The zero-order valence-electron chi connectivity index (χ0n) is 9.99. The summed E-state index contributed by atoms with van der Waals surface area (Å²) < 4.78 is 1.18. The number of thiazole rings is 1. The van der Waals surface area contributed by atoms with E-state index < -0.39 is 0 Å². The van der Waals surface area contributed by atoms with Crippen LogP contribution >= 0.6 is 11.3 Å². The summed E-state index contributed by atoms with van der Waals surface area (Å²) in [6.45, 7) is 3.24. The molecule has 3 rings (SSSR count). The quantitative estimate of drug-likeness (QED) is 0.877. The SMILES string of the molecule is CC1(NCc2ccc3nc(N)sc3c2)CCC1. The normalized spacial score (nSPS) is 18.2. The van der Waals surface area contributed by atoms with Crippen LogP contribution in [0.15, 0.2) is 18.2 Å². The molecule has 0 radical (unpaired) electrons. The van der Waals surface area contributed by atoms with Gasteiger partial charge < -0.3 is 11.1 Å². The van der Waals surface area contributed by atoms with E-state index in [1.165, 1.54) is 29.5 Å². The molecule has 0 spiro atoms. The number of rotatable bonds is 3.